The van der Waals surface area contributed by atoms with Gasteiger partial charge < -0.3 is 20.1 Å². The molecule has 5 heteroatoms. The molecule has 1 aromatic carbocycles. The van der Waals surface area contributed by atoms with Crippen LogP contribution in [0.2, 0.25) is 0 Å². The van der Waals surface area contributed by atoms with Crippen LogP contribution in [-0.4, -0.2) is 49.3 Å². The molecule has 1 aromatic rings. The molecule has 2 rings (SSSR count). The molecule has 0 aliphatic carbocycles. The minimum Gasteiger partial charge on any atom is -0.493 e. The number of hydrogen-bond donors (Lipinski definition) is 1. The Morgan fingerprint density at radius 3 is 2.85 bits per heavy atom. The molecule has 2 atom stereocenters. The second-order valence-corrected chi connectivity index (χ2v) is 5.01. The molecule has 2 N–H and O–H groups in total. The van der Waals surface area contributed by atoms with E-state index in [1.54, 1.807) is 0 Å². The smallest absolute Gasteiger partial charge is 0.226 e. The van der Waals surface area contributed by atoms with Gasteiger partial charge in [0.25, 0.3) is 0 Å². The van der Waals surface area contributed by atoms with Gasteiger partial charge in [-0.15, -0.1) is 0 Å². The lowest BCUT2D eigenvalue weighted by molar-refractivity contribution is -0.144. The van der Waals surface area contributed by atoms with E-state index >= 15 is 0 Å². The Labute approximate surface area is 119 Å². The lowest BCUT2D eigenvalue weighted by Gasteiger charge is -2.36. The van der Waals surface area contributed by atoms with E-state index in [-0.39, 0.29) is 18.1 Å². The van der Waals surface area contributed by atoms with E-state index in [2.05, 4.69) is 0 Å². The first-order valence-electron chi connectivity index (χ1n) is 7.00. The topological polar surface area (TPSA) is 64.8 Å². The predicted octanol–water partition coefficient (Wildman–Crippen LogP) is 1.03. The van der Waals surface area contributed by atoms with Crippen molar-refractivity contribution in [2.24, 2.45) is 5.73 Å². The van der Waals surface area contributed by atoms with Crippen LogP contribution in [0.5, 0.6) is 5.75 Å². The second kappa shape index (κ2) is 7.26. The van der Waals surface area contributed by atoms with Crippen LogP contribution in [0.15, 0.2) is 30.3 Å². The van der Waals surface area contributed by atoms with Crippen molar-refractivity contribution in [2.45, 2.75) is 25.6 Å². The average Bonchev–Trinajstić information content (AvgIpc) is 2.47. The quantitative estimate of drug-likeness (QED) is 0.873. The third kappa shape index (κ3) is 4.21. The summed E-state index contributed by atoms with van der Waals surface area (Å²) in [6.07, 6.45) is 0.355. The van der Waals surface area contributed by atoms with Gasteiger partial charge in [0.1, 0.15) is 5.75 Å². The molecule has 0 spiro atoms. The van der Waals surface area contributed by atoms with Crippen molar-refractivity contribution in [1.29, 1.82) is 0 Å². The minimum absolute atomic E-state index is 0.0382. The molecule has 0 aromatic heterocycles. The minimum atomic E-state index is -0.0576. The molecule has 5 nitrogen and oxygen atoms in total. The summed E-state index contributed by atoms with van der Waals surface area (Å²) in [6.45, 7) is 3.99. The molecular weight excluding hydrogens is 256 g/mol. The first-order valence-corrected chi connectivity index (χ1v) is 7.00. The van der Waals surface area contributed by atoms with E-state index in [0.717, 1.165) is 5.75 Å². The van der Waals surface area contributed by atoms with Crippen LogP contribution in [0.25, 0.3) is 0 Å². The van der Waals surface area contributed by atoms with Gasteiger partial charge >= 0.3 is 0 Å². The van der Waals surface area contributed by atoms with E-state index in [1.807, 2.05) is 42.2 Å². The highest BCUT2D eigenvalue weighted by atomic mass is 16.5. The fourth-order valence-corrected chi connectivity index (χ4v) is 2.31. The highest BCUT2D eigenvalue weighted by molar-refractivity contribution is 5.76. The van der Waals surface area contributed by atoms with Gasteiger partial charge in [0.2, 0.25) is 5.91 Å². The lowest BCUT2D eigenvalue weighted by Crippen LogP contribution is -2.51. The van der Waals surface area contributed by atoms with Gasteiger partial charge in [0, 0.05) is 19.6 Å². The van der Waals surface area contributed by atoms with E-state index in [4.69, 9.17) is 15.2 Å². The van der Waals surface area contributed by atoms with Gasteiger partial charge in [-0.3, -0.25) is 4.79 Å². The normalized spacial score (nSPS) is 22.6. The van der Waals surface area contributed by atoms with Crippen molar-refractivity contribution < 1.29 is 14.3 Å². The number of nitrogens with zero attached hydrogens (tertiary/aromatic N) is 1. The molecular formula is C15H22N2O3. The van der Waals surface area contributed by atoms with Crippen LogP contribution >= 0.6 is 0 Å². The molecule has 0 saturated carbocycles. The number of hydrogen-bond acceptors (Lipinski definition) is 4. The number of ether oxygens (including phenoxy) is 2. The van der Waals surface area contributed by atoms with Gasteiger partial charge in [-0.2, -0.15) is 0 Å². The summed E-state index contributed by atoms with van der Waals surface area (Å²) in [5.74, 6) is 0.880. The van der Waals surface area contributed by atoms with Gasteiger partial charge in [0.15, 0.2) is 0 Å². The summed E-state index contributed by atoms with van der Waals surface area (Å²) in [6, 6.07) is 9.51. The van der Waals surface area contributed by atoms with Crippen molar-refractivity contribution in [1.82, 2.24) is 4.90 Å². The summed E-state index contributed by atoms with van der Waals surface area (Å²) >= 11 is 0. The largest absolute Gasteiger partial charge is 0.493 e. The van der Waals surface area contributed by atoms with E-state index in [0.29, 0.717) is 32.7 Å². The molecule has 0 radical (unpaired) electrons. The summed E-state index contributed by atoms with van der Waals surface area (Å²) in [5.41, 5.74) is 5.62. The first kappa shape index (κ1) is 14.8. The lowest BCUT2D eigenvalue weighted by atomic mass is 10.2. The van der Waals surface area contributed by atoms with Crippen LogP contribution < -0.4 is 10.5 Å². The van der Waals surface area contributed by atoms with Crippen LogP contribution in [0.4, 0.5) is 0 Å². The van der Waals surface area contributed by atoms with Crippen molar-refractivity contribution in [3.63, 3.8) is 0 Å². The maximum absolute atomic E-state index is 12.1. The zero-order chi connectivity index (χ0) is 14.4. The zero-order valence-corrected chi connectivity index (χ0v) is 11.8. The molecule has 110 valence electrons. The fraction of sp³-hybridized carbons (Fsp3) is 0.533. The SMILES string of the molecule is CC1CN(C(=O)CCOc2ccccc2)CC(CN)O1. The Kier molecular flexibility index (Phi) is 5.38. The van der Waals surface area contributed by atoms with Gasteiger partial charge in [-0.1, -0.05) is 18.2 Å². The molecule has 2 unspecified atom stereocenters. The average molecular weight is 278 g/mol. The molecule has 1 fully saturated rings. The van der Waals surface area contributed by atoms with Gasteiger partial charge in [0.05, 0.1) is 25.2 Å². The molecule has 0 bridgehead atoms. The predicted molar refractivity (Wildman–Crippen MR) is 76.5 cm³/mol. The van der Waals surface area contributed by atoms with Gasteiger partial charge in [-0.05, 0) is 19.1 Å². The van der Waals surface area contributed by atoms with Crippen LogP contribution in [0, 0.1) is 0 Å². The molecule has 1 saturated heterocycles. The monoisotopic (exact) mass is 278 g/mol. The summed E-state index contributed by atoms with van der Waals surface area (Å²) in [5, 5.41) is 0. The summed E-state index contributed by atoms with van der Waals surface area (Å²) in [7, 11) is 0. The molecule has 1 heterocycles. The summed E-state index contributed by atoms with van der Waals surface area (Å²) < 4.78 is 11.2. The number of carbonyl (C=O) groups excluding carboxylic acids is 1. The fourth-order valence-electron chi connectivity index (χ4n) is 2.31. The number of rotatable bonds is 5. The standard InChI is InChI=1S/C15H22N2O3/c1-12-10-17(11-14(9-16)20-12)15(18)7-8-19-13-5-3-2-4-6-13/h2-6,12,14H,7-11,16H2,1H3. The Hall–Kier alpha value is -1.59. The maximum atomic E-state index is 12.1. The highest BCUT2D eigenvalue weighted by Crippen LogP contribution is 2.12. The van der Waals surface area contributed by atoms with Crippen molar-refractivity contribution in [3.8, 4) is 5.75 Å². The molecule has 1 aliphatic heterocycles. The Morgan fingerprint density at radius 1 is 1.40 bits per heavy atom. The highest BCUT2D eigenvalue weighted by Gasteiger charge is 2.27. The number of amides is 1. The number of nitrogens with two attached hydrogens (primary N) is 1. The Balaban J connectivity index is 1.76. The molecule has 20 heavy (non-hydrogen) atoms. The number of benzene rings is 1. The number of morpholine rings is 1. The van der Waals surface area contributed by atoms with Crippen molar-refractivity contribution >= 4 is 5.91 Å². The van der Waals surface area contributed by atoms with Gasteiger partial charge in [-0.25, -0.2) is 0 Å². The third-order valence-corrected chi connectivity index (χ3v) is 3.27. The van der Waals surface area contributed by atoms with E-state index in [9.17, 15) is 4.79 Å². The number of carbonyl (C=O) groups is 1. The number of para-hydroxylation sites is 1. The Bertz CT molecular complexity index is 424. The van der Waals surface area contributed by atoms with E-state index < -0.39 is 0 Å². The van der Waals surface area contributed by atoms with Crippen molar-refractivity contribution in [3.05, 3.63) is 30.3 Å². The van der Waals surface area contributed by atoms with Crippen LogP contribution in [-0.2, 0) is 9.53 Å². The zero-order valence-electron chi connectivity index (χ0n) is 11.8. The Morgan fingerprint density at radius 2 is 2.15 bits per heavy atom. The maximum Gasteiger partial charge on any atom is 0.226 e. The van der Waals surface area contributed by atoms with E-state index in [1.165, 1.54) is 0 Å². The first-order chi connectivity index (χ1) is 9.69. The van der Waals surface area contributed by atoms with Crippen LogP contribution in [0.3, 0.4) is 0 Å². The van der Waals surface area contributed by atoms with Crippen molar-refractivity contribution in [2.75, 3.05) is 26.2 Å². The third-order valence-electron chi connectivity index (χ3n) is 3.27. The molecule has 1 amide bonds. The molecule has 1 aliphatic rings. The summed E-state index contributed by atoms with van der Waals surface area (Å²) in [4.78, 5) is 14.0. The second-order valence-electron chi connectivity index (χ2n) is 5.01. The van der Waals surface area contributed by atoms with Crippen LogP contribution in [0.1, 0.15) is 13.3 Å².